The van der Waals surface area contributed by atoms with Crippen molar-refractivity contribution in [1.82, 2.24) is 14.9 Å². The van der Waals surface area contributed by atoms with Crippen molar-refractivity contribution in [2.75, 3.05) is 7.05 Å². The summed E-state index contributed by atoms with van der Waals surface area (Å²) in [6.07, 6.45) is 2.08. The van der Waals surface area contributed by atoms with E-state index < -0.39 is 11.8 Å². The predicted octanol–water partition coefficient (Wildman–Crippen LogP) is 0.742. The van der Waals surface area contributed by atoms with Crippen molar-refractivity contribution in [2.24, 2.45) is 5.73 Å². The lowest BCUT2D eigenvalue weighted by atomic mass is 9.88. The number of aromatic nitrogens is 2. The van der Waals surface area contributed by atoms with Crippen LogP contribution in [0.15, 0.2) is 18.3 Å². The van der Waals surface area contributed by atoms with Crippen LogP contribution in [-0.2, 0) is 6.61 Å². The van der Waals surface area contributed by atoms with Gasteiger partial charge in [0, 0.05) is 36.2 Å². The Morgan fingerprint density at radius 3 is 2.67 bits per heavy atom. The fraction of sp³-hybridized carbons (Fsp3) is 0.400. The van der Waals surface area contributed by atoms with Crippen molar-refractivity contribution >= 4 is 17.7 Å². The highest BCUT2D eigenvalue weighted by molar-refractivity contribution is 5.96. The second kappa shape index (κ2) is 7.02. The molecule has 1 aliphatic rings. The first-order valence-electron chi connectivity index (χ1n) is 7.23. The lowest BCUT2D eigenvalue weighted by Crippen LogP contribution is -2.46. The van der Waals surface area contributed by atoms with E-state index in [1.807, 2.05) is 0 Å². The van der Waals surface area contributed by atoms with Gasteiger partial charge in [-0.05, 0) is 19.2 Å². The van der Waals surface area contributed by atoms with Crippen LogP contribution >= 0.6 is 0 Å². The molecule has 130 valence electrons. The Bertz CT molecular complexity index is 753. The fourth-order valence-electron chi connectivity index (χ4n) is 2.49. The van der Waals surface area contributed by atoms with Gasteiger partial charge in [0.1, 0.15) is 5.69 Å². The molecular formula is C15H18F2N4O3. The summed E-state index contributed by atoms with van der Waals surface area (Å²) in [6, 6.07) is 3.11. The molecule has 0 radical (unpaired) electrons. The van der Waals surface area contributed by atoms with E-state index in [1.54, 1.807) is 7.05 Å². The smallest absolute Gasteiger partial charge is 0.267 e. The van der Waals surface area contributed by atoms with Gasteiger partial charge in [-0.1, -0.05) is 0 Å². The Kier molecular flexibility index (Phi) is 5.25. The number of alkyl halides is 2. The van der Waals surface area contributed by atoms with Crippen molar-refractivity contribution in [2.45, 2.75) is 31.4 Å². The number of nitrogens with two attached hydrogens (primary N) is 1. The van der Waals surface area contributed by atoms with Gasteiger partial charge in [-0.15, -0.1) is 0 Å². The van der Waals surface area contributed by atoms with Crippen LogP contribution in [0.25, 0.3) is 5.52 Å². The molecule has 0 spiro atoms. The van der Waals surface area contributed by atoms with E-state index in [2.05, 4.69) is 10.4 Å². The summed E-state index contributed by atoms with van der Waals surface area (Å²) >= 11 is 0. The number of primary amides is 1. The number of halogens is 2. The molecule has 1 fully saturated rings. The van der Waals surface area contributed by atoms with E-state index in [0.717, 1.165) is 0 Å². The maximum Gasteiger partial charge on any atom is 0.267 e. The molecule has 1 saturated carbocycles. The number of aldehydes is 1. The van der Waals surface area contributed by atoms with Crippen LogP contribution in [0.4, 0.5) is 8.78 Å². The third kappa shape index (κ3) is 3.57. The van der Waals surface area contributed by atoms with E-state index in [9.17, 15) is 18.4 Å². The molecule has 24 heavy (non-hydrogen) atoms. The monoisotopic (exact) mass is 340 g/mol. The second-order valence-electron chi connectivity index (χ2n) is 5.49. The molecule has 7 nitrogen and oxygen atoms in total. The SMILES string of the molecule is CNC1CC(F)(F)C1.NC(=O)c1c(CO)cc2c(C=O)ccnn12. The van der Waals surface area contributed by atoms with Crippen LogP contribution in [0, 0.1) is 0 Å². The van der Waals surface area contributed by atoms with Crippen LogP contribution in [0.1, 0.15) is 39.3 Å². The van der Waals surface area contributed by atoms with E-state index in [1.165, 1.54) is 22.8 Å². The standard InChI is InChI=1S/C10H9N3O3.C5H9F2N/c11-10(16)9-7(5-15)3-8-6(4-14)1-2-12-13(8)9;1-8-4-2-5(6,7)3-4/h1-4,15H,5H2,(H2,11,16);4,8H,2-3H2,1H3. The van der Waals surface area contributed by atoms with Gasteiger partial charge in [0.25, 0.3) is 11.8 Å². The molecule has 2 heterocycles. The van der Waals surface area contributed by atoms with Gasteiger partial charge in [-0.3, -0.25) is 9.59 Å². The molecule has 0 aliphatic heterocycles. The van der Waals surface area contributed by atoms with Gasteiger partial charge in [-0.2, -0.15) is 5.10 Å². The number of fused-ring (bicyclic) bond motifs is 1. The fourth-order valence-corrected chi connectivity index (χ4v) is 2.49. The lowest BCUT2D eigenvalue weighted by Gasteiger charge is -2.34. The van der Waals surface area contributed by atoms with Crippen LogP contribution in [-0.4, -0.2) is 45.9 Å². The van der Waals surface area contributed by atoms with Crippen molar-refractivity contribution in [1.29, 1.82) is 0 Å². The zero-order valence-electron chi connectivity index (χ0n) is 13.0. The Morgan fingerprint density at radius 2 is 2.25 bits per heavy atom. The van der Waals surface area contributed by atoms with Crippen molar-refractivity contribution in [3.63, 3.8) is 0 Å². The zero-order valence-corrected chi connectivity index (χ0v) is 13.0. The van der Waals surface area contributed by atoms with Crippen molar-refractivity contribution in [3.05, 3.63) is 35.2 Å². The second-order valence-corrected chi connectivity index (χ2v) is 5.49. The zero-order chi connectivity index (χ0) is 17.9. The predicted molar refractivity (Wildman–Crippen MR) is 82.0 cm³/mol. The largest absolute Gasteiger partial charge is 0.392 e. The highest BCUT2D eigenvalue weighted by atomic mass is 19.3. The number of carbonyl (C=O) groups excluding carboxylic acids is 2. The van der Waals surface area contributed by atoms with Crippen molar-refractivity contribution < 1.29 is 23.5 Å². The average Bonchev–Trinajstić information content (AvgIpc) is 2.91. The van der Waals surface area contributed by atoms with E-state index >= 15 is 0 Å². The molecule has 9 heteroatoms. The lowest BCUT2D eigenvalue weighted by molar-refractivity contribution is -0.0910. The number of hydrogen-bond donors (Lipinski definition) is 3. The average molecular weight is 340 g/mol. The van der Waals surface area contributed by atoms with Gasteiger partial charge in [0.2, 0.25) is 0 Å². The van der Waals surface area contributed by atoms with Crippen LogP contribution < -0.4 is 11.1 Å². The first kappa shape index (κ1) is 18.0. The summed E-state index contributed by atoms with van der Waals surface area (Å²) in [5.74, 6) is -3.06. The summed E-state index contributed by atoms with van der Waals surface area (Å²) in [5, 5.41) is 15.8. The molecule has 0 aromatic carbocycles. The highest BCUT2D eigenvalue weighted by Gasteiger charge is 2.44. The van der Waals surface area contributed by atoms with Crippen LogP contribution in [0.3, 0.4) is 0 Å². The van der Waals surface area contributed by atoms with Gasteiger partial charge < -0.3 is 16.2 Å². The Balaban J connectivity index is 0.000000219. The topological polar surface area (TPSA) is 110 Å². The molecule has 1 amide bonds. The molecular weight excluding hydrogens is 322 g/mol. The number of hydrogen-bond acceptors (Lipinski definition) is 5. The summed E-state index contributed by atoms with van der Waals surface area (Å²) in [5.41, 5.74) is 6.49. The summed E-state index contributed by atoms with van der Waals surface area (Å²) in [7, 11) is 1.71. The van der Waals surface area contributed by atoms with Gasteiger partial charge in [-0.25, -0.2) is 13.3 Å². The van der Waals surface area contributed by atoms with Gasteiger partial charge in [0.15, 0.2) is 6.29 Å². The number of nitrogens with zero attached hydrogens (tertiary/aromatic N) is 2. The molecule has 2 aromatic heterocycles. The number of rotatable bonds is 4. The maximum atomic E-state index is 11.9. The molecule has 0 atom stereocenters. The molecule has 0 bridgehead atoms. The third-order valence-corrected chi connectivity index (χ3v) is 3.82. The first-order valence-corrected chi connectivity index (χ1v) is 7.23. The Morgan fingerprint density at radius 1 is 1.58 bits per heavy atom. The Hall–Kier alpha value is -2.39. The molecule has 3 rings (SSSR count). The van der Waals surface area contributed by atoms with Crippen LogP contribution in [0.2, 0.25) is 0 Å². The van der Waals surface area contributed by atoms with E-state index in [0.29, 0.717) is 22.9 Å². The van der Waals surface area contributed by atoms with Gasteiger partial charge in [0.05, 0.1) is 12.1 Å². The number of carbonyl (C=O) groups is 2. The minimum Gasteiger partial charge on any atom is -0.392 e. The van der Waals surface area contributed by atoms with E-state index in [4.69, 9.17) is 10.8 Å². The number of aliphatic hydroxyl groups excluding tert-OH is 1. The Labute approximate surface area is 136 Å². The van der Waals surface area contributed by atoms with Crippen LogP contribution in [0.5, 0.6) is 0 Å². The highest BCUT2D eigenvalue weighted by Crippen LogP contribution is 2.36. The summed E-state index contributed by atoms with van der Waals surface area (Å²) in [6.45, 7) is -0.333. The number of aliphatic hydroxyl groups is 1. The maximum absolute atomic E-state index is 11.9. The minimum absolute atomic E-state index is 0.0174. The van der Waals surface area contributed by atoms with E-state index in [-0.39, 0.29) is 31.2 Å². The molecule has 4 N–H and O–H groups in total. The normalized spacial score (nSPS) is 16.2. The number of amides is 1. The number of nitrogens with one attached hydrogen (secondary N) is 1. The first-order chi connectivity index (χ1) is 11.3. The van der Waals surface area contributed by atoms with Crippen molar-refractivity contribution in [3.8, 4) is 0 Å². The molecule has 2 aromatic rings. The quantitative estimate of drug-likeness (QED) is 0.711. The minimum atomic E-state index is -2.37. The molecule has 0 saturated heterocycles. The third-order valence-electron chi connectivity index (χ3n) is 3.82. The summed E-state index contributed by atoms with van der Waals surface area (Å²) < 4.78 is 25.1. The van der Waals surface area contributed by atoms with Gasteiger partial charge >= 0.3 is 0 Å². The molecule has 1 aliphatic carbocycles. The molecule has 0 unspecified atom stereocenters. The summed E-state index contributed by atoms with van der Waals surface area (Å²) in [4.78, 5) is 22.0.